The molecule has 15 heteroatoms. The Morgan fingerprint density at radius 2 is 1.40 bits per heavy atom. The average Bonchev–Trinajstić information content (AvgIpc) is 2.86. The molecule has 12 nitrogen and oxygen atoms in total. The molecule has 0 spiro atoms. The molecule has 0 heterocycles. The molecule has 0 unspecified atom stereocenters. The number of phenols is 1. The minimum Gasteiger partial charge on any atom is -0.505 e. The maximum Gasteiger partial charge on any atom is 0.296 e. The highest BCUT2D eigenvalue weighted by Crippen LogP contribution is 2.45. The van der Waals surface area contributed by atoms with Crippen LogP contribution in [-0.4, -0.2) is 42.7 Å². The lowest BCUT2D eigenvalue weighted by Gasteiger charge is -2.14. The van der Waals surface area contributed by atoms with Crippen molar-refractivity contribution in [3.8, 4) is 5.75 Å². The lowest BCUT2D eigenvalue weighted by molar-refractivity contribution is -0.114. The first-order valence-corrected chi connectivity index (χ1v) is 14.3. The number of benzene rings is 4. The molecule has 0 atom stereocenters. The van der Waals surface area contributed by atoms with Gasteiger partial charge in [0, 0.05) is 28.5 Å². The van der Waals surface area contributed by atoms with Gasteiger partial charge in [0.2, 0.25) is 5.91 Å². The van der Waals surface area contributed by atoms with Crippen molar-refractivity contribution in [2.45, 2.75) is 16.7 Å². The Morgan fingerprint density at radius 3 is 1.93 bits per heavy atom. The van der Waals surface area contributed by atoms with E-state index in [1.54, 1.807) is 24.3 Å². The van der Waals surface area contributed by atoms with Crippen molar-refractivity contribution >= 4 is 71.4 Å². The number of hydrogen-bond donors (Lipinski definition) is 4. The molecule has 0 saturated carbocycles. The van der Waals surface area contributed by atoms with Crippen molar-refractivity contribution in [1.29, 1.82) is 0 Å². The number of ketones is 1. The summed E-state index contributed by atoms with van der Waals surface area (Å²) in [7, 11) is -9.87. The van der Waals surface area contributed by atoms with E-state index in [-0.39, 0.29) is 27.9 Å². The predicted octanol–water partition coefficient (Wildman–Crippen LogP) is 5.30. The normalized spacial score (nSPS) is 12.1. The van der Waals surface area contributed by atoms with Gasteiger partial charge in [-0.05, 0) is 72.1 Å². The Kier molecular flexibility index (Phi) is 7.74. The molecule has 4 aromatic carbocycles. The summed E-state index contributed by atoms with van der Waals surface area (Å²) in [5.74, 6) is -1.84. The number of rotatable bonds is 7. The molecular formula is C25H18ClN3O9S2. The van der Waals surface area contributed by atoms with Gasteiger partial charge < -0.3 is 10.4 Å². The lowest BCUT2D eigenvalue weighted by Crippen LogP contribution is -2.08. The van der Waals surface area contributed by atoms with Gasteiger partial charge in [-0.2, -0.15) is 21.9 Å². The van der Waals surface area contributed by atoms with Crippen LogP contribution in [0.3, 0.4) is 0 Å². The fourth-order valence-electron chi connectivity index (χ4n) is 3.75. The Bertz CT molecular complexity index is 1920. The quantitative estimate of drug-likeness (QED) is 0.123. The van der Waals surface area contributed by atoms with Gasteiger partial charge in [0.1, 0.15) is 10.6 Å². The van der Waals surface area contributed by atoms with Crippen molar-refractivity contribution in [3.05, 3.63) is 82.9 Å². The van der Waals surface area contributed by atoms with Crippen molar-refractivity contribution < 1.29 is 40.6 Å². The van der Waals surface area contributed by atoms with Crippen molar-refractivity contribution in [2.24, 2.45) is 10.2 Å². The van der Waals surface area contributed by atoms with E-state index in [4.69, 9.17) is 11.6 Å². The highest BCUT2D eigenvalue weighted by molar-refractivity contribution is 7.86. The Hall–Kier alpha value is -4.21. The van der Waals surface area contributed by atoms with Crippen molar-refractivity contribution in [2.75, 3.05) is 5.32 Å². The van der Waals surface area contributed by atoms with Gasteiger partial charge in [-0.25, -0.2) is 0 Å². The van der Waals surface area contributed by atoms with Crippen molar-refractivity contribution in [3.63, 3.8) is 0 Å². The van der Waals surface area contributed by atoms with Crippen LogP contribution in [0.5, 0.6) is 5.75 Å². The second-order valence-electron chi connectivity index (χ2n) is 8.36. The van der Waals surface area contributed by atoms with E-state index < -0.39 is 47.4 Å². The molecule has 40 heavy (non-hydrogen) atoms. The highest BCUT2D eigenvalue weighted by atomic mass is 35.5. The number of nitrogens with one attached hydrogen (secondary N) is 1. The maximum atomic E-state index is 12.7. The molecule has 0 fully saturated rings. The molecule has 0 aliphatic carbocycles. The SMILES string of the molecule is CC(=O)Nc1cc(S(=O)(=O)O)cc2cc(S(=O)(=O)O)c(N=Nc3ccc(C(=O)c4ccc(Cl)cc4)cc3)c(O)c12. The van der Waals surface area contributed by atoms with E-state index in [2.05, 4.69) is 15.5 Å². The minimum absolute atomic E-state index is 0.136. The van der Waals surface area contributed by atoms with E-state index in [0.29, 0.717) is 16.1 Å². The number of phenolic OH excluding ortho intramolecular Hbond substituents is 1. The number of azo groups is 1. The molecule has 0 aliphatic rings. The lowest BCUT2D eigenvalue weighted by atomic mass is 10.0. The van der Waals surface area contributed by atoms with E-state index in [0.717, 1.165) is 25.1 Å². The molecule has 4 N–H and O–H groups in total. The number of hydrogen-bond acceptors (Lipinski definition) is 9. The third-order valence-corrected chi connectivity index (χ3v) is 7.46. The molecule has 0 aliphatic heterocycles. The van der Waals surface area contributed by atoms with Crippen LogP contribution in [0, 0.1) is 0 Å². The number of carbonyl (C=O) groups excluding carboxylic acids is 2. The summed E-state index contributed by atoms with van der Waals surface area (Å²) in [4.78, 5) is 22.7. The average molecular weight is 604 g/mol. The van der Waals surface area contributed by atoms with Crippen LogP contribution in [0.1, 0.15) is 22.8 Å². The second-order valence-corrected chi connectivity index (χ2v) is 11.6. The summed E-state index contributed by atoms with van der Waals surface area (Å²) in [5.41, 5.74) is -0.175. The number of amides is 1. The third-order valence-electron chi connectivity index (χ3n) is 5.51. The van der Waals surface area contributed by atoms with E-state index in [9.17, 15) is 40.6 Å². The summed E-state index contributed by atoms with van der Waals surface area (Å²) in [5, 5.41) is 20.9. The zero-order chi connectivity index (χ0) is 29.4. The molecule has 0 saturated heterocycles. The summed E-state index contributed by atoms with van der Waals surface area (Å²) in [6.45, 7) is 1.09. The first-order chi connectivity index (χ1) is 18.6. The van der Waals surface area contributed by atoms with E-state index in [1.165, 1.54) is 24.3 Å². The summed E-state index contributed by atoms with van der Waals surface area (Å²) in [6.07, 6.45) is 0. The number of halogens is 1. The standard InChI is InChI=1S/C25H18ClN3O9S2/c1-13(30)27-20-12-19(39(33,34)35)10-16-11-21(40(36,37)38)23(25(32)22(16)20)29-28-18-8-4-15(5-9-18)24(31)14-2-6-17(26)7-3-14/h2-12,32H,1H3,(H,27,30)(H,33,34,35)(H,36,37,38). The van der Waals surface area contributed by atoms with Crippen LogP contribution in [0.25, 0.3) is 10.8 Å². The number of carbonyl (C=O) groups is 2. The van der Waals surface area contributed by atoms with E-state index in [1.807, 2.05) is 0 Å². The van der Waals surface area contributed by atoms with Gasteiger partial charge in [-0.15, -0.1) is 5.11 Å². The van der Waals surface area contributed by atoms with Crippen LogP contribution in [-0.2, 0) is 25.0 Å². The molecule has 0 bridgehead atoms. The first kappa shape index (κ1) is 28.8. The molecule has 1 amide bonds. The smallest absolute Gasteiger partial charge is 0.296 e. The van der Waals surface area contributed by atoms with Crippen LogP contribution < -0.4 is 5.32 Å². The van der Waals surface area contributed by atoms with Crippen molar-refractivity contribution in [1.82, 2.24) is 0 Å². The number of fused-ring (bicyclic) bond motifs is 1. The van der Waals surface area contributed by atoms with Gasteiger partial charge in [-0.1, -0.05) is 11.6 Å². The Labute approximate surface area is 232 Å². The largest absolute Gasteiger partial charge is 0.505 e. The Morgan fingerprint density at radius 1 is 0.825 bits per heavy atom. The minimum atomic E-state index is -5.05. The maximum absolute atomic E-state index is 12.7. The fourth-order valence-corrected chi connectivity index (χ4v) is 5.07. The predicted molar refractivity (Wildman–Crippen MR) is 145 cm³/mol. The fraction of sp³-hybridized carbons (Fsp3) is 0.0400. The van der Waals surface area contributed by atoms with Gasteiger partial charge in [0.25, 0.3) is 20.2 Å². The summed E-state index contributed by atoms with van der Waals surface area (Å²) in [6, 6.07) is 14.4. The molecule has 4 aromatic rings. The number of anilines is 1. The van der Waals surface area contributed by atoms with Gasteiger partial charge >= 0.3 is 0 Å². The van der Waals surface area contributed by atoms with Crippen LogP contribution in [0.2, 0.25) is 5.02 Å². The monoisotopic (exact) mass is 603 g/mol. The van der Waals surface area contributed by atoms with Gasteiger partial charge in [-0.3, -0.25) is 18.7 Å². The third kappa shape index (κ3) is 6.16. The number of nitrogens with zero attached hydrogens (tertiary/aromatic N) is 2. The molecule has 4 rings (SSSR count). The number of aromatic hydroxyl groups is 1. The van der Waals surface area contributed by atoms with Crippen LogP contribution in [0.4, 0.5) is 17.1 Å². The molecule has 0 radical (unpaired) electrons. The molecule has 206 valence electrons. The molecular weight excluding hydrogens is 586 g/mol. The highest BCUT2D eigenvalue weighted by Gasteiger charge is 2.25. The second kappa shape index (κ2) is 10.7. The van der Waals surface area contributed by atoms with E-state index >= 15 is 0 Å². The summed E-state index contributed by atoms with van der Waals surface area (Å²) >= 11 is 5.85. The molecule has 0 aromatic heterocycles. The van der Waals surface area contributed by atoms with Gasteiger partial charge in [0.15, 0.2) is 11.5 Å². The topological polar surface area (TPSA) is 200 Å². The Balaban J connectivity index is 1.82. The zero-order valence-electron chi connectivity index (χ0n) is 20.2. The van der Waals surface area contributed by atoms with Crippen LogP contribution in [0.15, 0.2) is 86.7 Å². The van der Waals surface area contributed by atoms with Crippen LogP contribution >= 0.6 is 11.6 Å². The van der Waals surface area contributed by atoms with Gasteiger partial charge in [0.05, 0.1) is 16.3 Å². The zero-order valence-corrected chi connectivity index (χ0v) is 22.6. The summed E-state index contributed by atoms with van der Waals surface area (Å²) < 4.78 is 67.0. The first-order valence-electron chi connectivity index (χ1n) is 11.0.